The Bertz CT molecular complexity index is 1280. The standard InChI is InChI=1S/C26H27F3N4O4/c1-3-15(2)30-25(36)33-22(16-5-4-6-16)14-21(32-33)20-13-18(9-12-23(20)34)31-24(35)17-7-10-19(11-8-17)37-26(27,28)29/h7-16,34H,3-6H2,1-2H3,(H,30,36)(H,31,35). The number of rotatable bonds is 7. The number of carbonyl (C=O) groups excluding carboxylic acids is 2. The van der Waals surface area contributed by atoms with Gasteiger partial charge in [0.15, 0.2) is 0 Å². The highest BCUT2D eigenvalue weighted by atomic mass is 19.4. The van der Waals surface area contributed by atoms with Crippen molar-refractivity contribution in [2.45, 2.75) is 57.9 Å². The van der Waals surface area contributed by atoms with Gasteiger partial charge in [-0.25, -0.2) is 4.79 Å². The molecule has 4 rings (SSSR count). The van der Waals surface area contributed by atoms with E-state index >= 15 is 0 Å². The van der Waals surface area contributed by atoms with Crippen LogP contribution in [0.15, 0.2) is 48.5 Å². The van der Waals surface area contributed by atoms with Gasteiger partial charge in [-0.05, 0) is 74.7 Å². The molecule has 1 aliphatic rings. The molecule has 37 heavy (non-hydrogen) atoms. The van der Waals surface area contributed by atoms with Gasteiger partial charge in [-0.2, -0.15) is 9.78 Å². The predicted molar refractivity (Wildman–Crippen MR) is 131 cm³/mol. The molecule has 0 spiro atoms. The van der Waals surface area contributed by atoms with Gasteiger partial charge in [-0.15, -0.1) is 13.2 Å². The number of amides is 2. The molecule has 1 heterocycles. The molecule has 0 bridgehead atoms. The van der Waals surface area contributed by atoms with Crippen molar-refractivity contribution in [3.63, 3.8) is 0 Å². The summed E-state index contributed by atoms with van der Waals surface area (Å²) in [5, 5.41) is 20.6. The number of benzene rings is 2. The average Bonchev–Trinajstić information content (AvgIpc) is 3.23. The molecule has 1 aliphatic carbocycles. The van der Waals surface area contributed by atoms with Gasteiger partial charge in [0.1, 0.15) is 11.5 Å². The number of phenols is 1. The molecule has 11 heteroatoms. The van der Waals surface area contributed by atoms with Crippen LogP contribution in [0.2, 0.25) is 0 Å². The zero-order chi connectivity index (χ0) is 26.7. The number of carbonyl (C=O) groups is 2. The second-order valence-electron chi connectivity index (χ2n) is 9.01. The highest BCUT2D eigenvalue weighted by Gasteiger charge is 2.31. The minimum Gasteiger partial charge on any atom is -0.507 e. The molecule has 2 amide bonds. The van der Waals surface area contributed by atoms with Crippen LogP contribution in [0.1, 0.15) is 61.5 Å². The normalized spacial score (nSPS) is 14.5. The minimum atomic E-state index is -4.83. The first-order chi connectivity index (χ1) is 17.5. The van der Waals surface area contributed by atoms with Crippen molar-refractivity contribution in [2.24, 2.45) is 0 Å². The number of hydrogen-bond acceptors (Lipinski definition) is 5. The number of ether oxygens (including phenoxy) is 1. The second kappa shape index (κ2) is 10.5. The van der Waals surface area contributed by atoms with E-state index in [9.17, 15) is 27.9 Å². The molecule has 3 N–H and O–H groups in total. The molecule has 8 nitrogen and oxygen atoms in total. The molecule has 1 unspecified atom stereocenters. The van der Waals surface area contributed by atoms with Gasteiger partial charge in [0.2, 0.25) is 0 Å². The third-order valence-corrected chi connectivity index (χ3v) is 6.32. The lowest BCUT2D eigenvalue weighted by Gasteiger charge is -2.25. The van der Waals surface area contributed by atoms with Crippen LogP contribution in [0.25, 0.3) is 11.3 Å². The first-order valence-corrected chi connectivity index (χ1v) is 12.0. The first-order valence-electron chi connectivity index (χ1n) is 12.0. The van der Waals surface area contributed by atoms with Crippen LogP contribution in [0, 0.1) is 0 Å². The molecule has 1 saturated carbocycles. The Kier molecular flexibility index (Phi) is 7.42. The average molecular weight is 517 g/mol. The van der Waals surface area contributed by atoms with Crippen LogP contribution in [-0.2, 0) is 0 Å². The van der Waals surface area contributed by atoms with Gasteiger partial charge in [-0.1, -0.05) is 13.3 Å². The molecule has 1 atom stereocenters. The summed E-state index contributed by atoms with van der Waals surface area (Å²) in [5.74, 6) is -0.896. The number of hydrogen-bond donors (Lipinski definition) is 3. The molecule has 1 aromatic heterocycles. The lowest BCUT2D eigenvalue weighted by molar-refractivity contribution is -0.274. The molecular weight excluding hydrogens is 489 g/mol. The Labute approximate surface area is 211 Å². The first kappa shape index (κ1) is 26.1. The van der Waals surface area contributed by atoms with Gasteiger partial charge in [0.05, 0.1) is 11.4 Å². The Hall–Kier alpha value is -4.02. The summed E-state index contributed by atoms with van der Waals surface area (Å²) in [6, 6.07) is 10.3. The van der Waals surface area contributed by atoms with E-state index < -0.39 is 18.0 Å². The molecule has 3 aromatic rings. The summed E-state index contributed by atoms with van der Waals surface area (Å²) in [7, 11) is 0. The number of aromatic hydroxyl groups is 1. The minimum absolute atomic E-state index is 0.0320. The Balaban J connectivity index is 1.56. The van der Waals surface area contributed by atoms with E-state index in [1.807, 2.05) is 13.8 Å². The van der Waals surface area contributed by atoms with E-state index in [1.54, 1.807) is 6.07 Å². The van der Waals surface area contributed by atoms with E-state index in [0.717, 1.165) is 43.5 Å². The van der Waals surface area contributed by atoms with Gasteiger partial charge in [0.25, 0.3) is 5.91 Å². The molecule has 2 aromatic carbocycles. The molecular formula is C26H27F3N4O4. The van der Waals surface area contributed by atoms with Crippen LogP contribution >= 0.6 is 0 Å². The van der Waals surface area contributed by atoms with E-state index in [0.29, 0.717) is 16.9 Å². The number of alkyl halides is 3. The van der Waals surface area contributed by atoms with Crippen molar-refractivity contribution < 1.29 is 32.6 Å². The van der Waals surface area contributed by atoms with E-state index in [4.69, 9.17) is 0 Å². The smallest absolute Gasteiger partial charge is 0.507 e. The van der Waals surface area contributed by atoms with Gasteiger partial charge in [-0.3, -0.25) is 4.79 Å². The number of nitrogens with one attached hydrogen (secondary N) is 2. The van der Waals surface area contributed by atoms with Gasteiger partial charge in [0, 0.05) is 28.8 Å². The van der Waals surface area contributed by atoms with Crippen LogP contribution in [0.4, 0.5) is 23.7 Å². The predicted octanol–water partition coefficient (Wildman–Crippen LogP) is 6.03. The Morgan fingerprint density at radius 2 is 1.86 bits per heavy atom. The van der Waals surface area contributed by atoms with Crippen LogP contribution < -0.4 is 15.4 Å². The van der Waals surface area contributed by atoms with E-state index in [-0.39, 0.29) is 29.3 Å². The number of halogens is 3. The quantitative estimate of drug-likeness (QED) is 0.333. The Morgan fingerprint density at radius 3 is 2.46 bits per heavy atom. The van der Waals surface area contributed by atoms with Crippen molar-refractivity contribution in [2.75, 3.05) is 5.32 Å². The van der Waals surface area contributed by atoms with Gasteiger partial charge < -0.3 is 20.5 Å². The third-order valence-electron chi connectivity index (χ3n) is 6.32. The maximum absolute atomic E-state index is 12.9. The zero-order valence-electron chi connectivity index (χ0n) is 20.3. The fourth-order valence-electron chi connectivity index (χ4n) is 3.89. The van der Waals surface area contributed by atoms with Crippen LogP contribution in [-0.4, -0.2) is 39.2 Å². The van der Waals surface area contributed by atoms with Crippen molar-refractivity contribution in [3.8, 4) is 22.8 Å². The molecule has 0 saturated heterocycles. The molecule has 0 radical (unpaired) electrons. The highest BCUT2D eigenvalue weighted by molar-refractivity contribution is 6.04. The summed E-state index contributed by atoms with van der Waals surface area (Å²) >= 11 is 0. The van der Waals surface area contributed by atoms with Crippen molar-refractivity contribution >= 4 is 17.6 Å². The highest BCUT2D eigenvalue weighted by Crippen LogP contribution is 2.39. The topological polar surface area (TPSA) is 105 Å². The number of nitrogens with zero attached hydrogens (tertiary/aromatic N) is 2. The summed E-state index contributed by atoms with van der Waals surface area (Å²) in [6.07, 6.45) is -1.12. The summed E-state index contributed by atoms with van der Waals surface area (Å²) in [6.45, 7) is 3.87. The van der Waals surface area contributed by atoms with Crippen molar-refractivity contribution in [1.29, 1.82) is 0 Å². The monoisotopic (exact) mass is 516 g/mol. The second-order valence-corrected chi connectivity index (χ2v) is 9.01. The maximum Gasteiger partial charge on any atom is 0.573 e. The fraction of sp³-hybridized carbons (Fsp3) is 0.346. The lowest BCUT2D eigenvalue weighted by Crippen LogP contribution is -2.37. The van der Waals surface area contributed by atoms with Crippen LogP contribution in [0.3, 0.4) is 0 Å². The Morgan fingerprint density at radius 1 is 1.16 bits per heavy atom. The van der Waals surface area contributed by atoms with Crippen molar-refractivity contribution in [1.82, 2.24) is 15.1 Å². The summed E-state index contributed by atoms with van der Waals surface area (Å²) < 4.78 is 42.2. The fourth-order valence-corrected chi connectivity index (χ4v) is 3.89. The zero-order valence-corrected chi connectivity index (χ0v) is 20.3. The van der Waals surface area contributed by atoms with E-state index in [2.05, 4.69) is 20.5 Å². The molecule has 1 fully saturated rings. The number of phenolic OH excluding ortho intramolecular Hbond substituents is 1. The lowest BCUT2D eigenvalue weighted by atomic mass is 9.82. The largest absolute Gasteiger partial charge is 0.573 e. The number of anilines is 1. The maximum atomic E-state index is 12.9. The van der Waals surface area contributed by atoms with Crippen LogP contribution in [0.5, 0.6) is 11.5 Å². The molecule has 196 valence electrons. The summed E-state index contributed by atoms with van der Waals surface area (Å²) in [5.41, 5.74) is 1.91. The SMILES string of the molecule is CCC(C)NC(=O)n1nc(-c2cc(NC(=O)c3ccc(OC(F)(F)F)cc3)ccc2O)cc1C1CCC1. The number of aromatic nitrogens is 2. The van der Waals surface area contributed by atoms with Gasteiger partial charge >= 0.3 is 12.4 Å². The van der Waals surface area contributed by atoms with Crippen molar-refractivity contribution in [3.05, 3.63) is 59.8 Å². The third kappa shape index (κ3) is 6.22. The van der Waals surface area contributed by atoms with E-state index in [1.165, 1.54) is 35.0 Å². The molecule has 0 aliphatic heterocycles. The summed E-state index contributed by atoms with van der Waals surface area (Å²) in [4.78, 5) is 25.5.